The molecule has 0 bridgehead atoms. The van der Waals surface area contributed by atoms with Gasteiger partial charge < -0.3 is 5.32 Å². The predicted molar refractivity (Wildman–Crippen MR) is 98.3 cm³/mol. The van der Waals surface area contributed by atoms with Gasteiger partial charge in [0.05, 0.1) is 0 Å². The molecule has 0 unspecified atom stereocenters. The van der Waals surface area contributed by atoms with Crippen molar-refractivity contribution in [2.24, 2.45) is 0 Å². The van der Waals surface area contributed by atoms with E-state index in [0.717, 1.165) is 50.1 Å². The number of aryl methyl sites for hydroxylation is 2. The lowest BCUT2D eigenvalue weighted by molar-refractivity contribution is 0.0951. The average Bonchev–Trinajstić information content (AvgIpc) is 2.60. The molecule has 0 radical (unpaired) electrons. The minimum Gasteiger partial charge on any atom is -0.352 e. The molecule has 126 valence electrons. The maximum atomic E-state index is 12.2. The van der Waals surface area contributed by atoms with Crippen molar-refractivity contribution in [3.63, 3.8) is 0 Å². The van der Waals surface area contributed by atoms with Gasteiger partial charge in [-0.05, 0) is 61.1 Å². The van der Waals surface area contributed by atoms with E-state index >= 15 is 0 Å². The van der Waals surface area contributed by atoms with Gasteiger partial charge in [-0.15, -0.1) is 0 Å². The van der Waals surface area contributed by atoms with Crippen molar-refractivity contribution in [2.75, 3.05) is 19.6 Å². The standard InChI is InChI=1S/C21H26N2O/c1-16-8-9-19(14-17(16)2)21(24)22-11-5-12-23-13-10-18-6-3-4-7-20(18)15-23/h3-4,6-9,14H,5,10-13,15H2,1-2H3,(H,22,24). The predicted octanol–water partition coefficient (Wildman–Crippen LogP) is 3.48. The number of carbonyl (C=O) groups excluding carboxylic acids is 1. The third-order valence-corrected chi connectivity index (χ3v) is 4.92. The van der Waals surface area contributed by atoms with Crippen LogP contribution in [0, 0.1) is 13.8 Å². The van der Waals surface area contributed by atoms with Gasteiger partial charge in [0.25, 0.3) is 5.91 Å². The van der Waals surface area contributed by atoms with Crippen molar-refractivity contribution >= 4 is 5.91 Å². The van der Waals surface area contributed by atoms with Crippen molar-refractivity contribution in [2.45, 2.75) is 33.2 Å². The van der Waals surface area contributed by atoms with Gasteiger partial charge in [0.1, 0.15) is 0 Å². The van der Waals surface area contributed by atoms with Crippen LogP contribution < -0.4 is 5.32 Å². The van der Waals surface area contributed by atoms with E-state index in [1.807, 2.05) is 25.1 Å². The first-order valence-electron chi connectivity index (χ1n) is 8.78. The zero-order chi connectivity index (χ0) is 16.9. The molecule has 3 nitrogen and oxygen atoms in total. The first kappa shape index (κ1) is 16.7. The molecule has 0 aliphatic carbocycles. The number of nitrogens with one attached hydrogen (secondary N) is 1. The summed E-state index contributed by atoms with van der Waals surface area (Å²) >= 11 is 0. The van der Waals surface area contributed by atoms with Crippen LogP contribution in [0.25, 0.3) is 0 Å². The molecule has 0 aromatic heterocycles. The number of fused-ring (bicyclic) bond motifs is 1. The SMILES string of the molecule is Cc1ccc(C(=O)NCCCN2CCc3ccccc3C2)cc1C. The van der Waals surface area contributed by atoms with Gasteiger partial charge in [-0.1, -0.05) is 30.3 Å². The minimum atomic E-state index is 0.0297. The van der Waals surface area contributed by atoms with Gasteiger partial charge in [0, 0.05) is 31.7 Å². The second-order valence-corrected chi connectivity index (χ2v) is 6.70. The van der Waals surface area contributed by atoms with Crippen molar-refractivity contribution in [1.29, 1.82) is 0 Å². The number of amides is 1. The minimum absolute atomic E-state index is 0.0297. The summed E-state index contributed by atoms with van der Waals surface area (Å²) in [4.78, 5) is 14.7. The van der Waals surface area contributed by atoms with Crippen LogP contribution in [0.15, 0.2) is 42.5 Å². The summed E-state index contributed by atoms with van der Waals surface area (Å²) < 4.78 is 0. The molecule has 1 aliphatic rings. The van der Waals surface area contributed by atoms with Crippen LogP contribution in [-0.2, 0) is 13.0 Å². The highest BCUT2D eigenvalue weighted by Gasteiger charge is 2.15. The second kappa shape index (κ2) is 7.63. The highest BCUT2D eigenvalue weighted by Crippen LogP contribution is 2.18. The maximum Gasteiger partial charge on any atom is 0.251 e. The third-order valence-electron chi connectivity index (χ3n) is 4.92. The summed E-state index contributed by atoms with van der Waals surface area (Å²) in [5, 5.41) is 3.04. The zero-order valence-corrected chi connectivity index (χ0v) is 14.6. The molecule has 2 aromatic rings. The Balaban J connectivity index is 1.43. The Morgan fingerprint density at radius 3 is 2.67 bits per heavy atom. The molecule has 24 heavy (non-hydrogen) atoms. The highest BCUT2D eigenvalue weighted by atomic mass is 16.1. The van der Waals surface area contributed by atoms with E-state index in [4.69, 9.17) is 0 Å². The number of benzene rings is 2. The van der Waals surface area contributed by atoms with E-state index in [1.54, 1.807) is 0 Å². The fourth-order valence-electron chi connectivity index (χ4n) is 3.23. The molecule has 1 amide bonds. The normalized spacial score (nSPS) is 14.2. The summed E-state index contributed by atoms with van der Waals surface area (Å²) in [5.74, 6) is 0.0297. The van der Waals surface area contributed by atoms with Gasteiger partial charge in [0.2, 0.25) is 0 Å². The van der Waals surface area contributed by atoms with Crippen LogP contribution in [0.5, 0.6) is 0 Å². The molecule has 3 heteroatoms. The molecule has 1 heterocycles. The van der Waals surface area contributed by atoms with E-state index in [-0.39, 0.29) is 5.91 Å². The van der Waals surface area contributed by atoms with Crippen molar-refractivity contribution < 1.29 is 4.79 Å². The quantitative estimate of drug-likeness (QED) is 0.855. The number of hydrogen-bond acceptors (Lipinski definition) is 2. The topological polar surface area (TPSA) is 32.3 Å². The fourth-order valence-corrected chi connectivity index (χ4v) is 3.23. The van der Waals surface area contributed by atoms with Gasteiger partial charge in [-0.3, -0.25) is 9.69 Å². The van der Waals surface area contributed by atoms with Crippen LogP contribution in [0.3, 0.4) is 0 Å². The lowest BCUT2D eigenvalue weighted by Crippen LogP contribution is -2.33. The molecule has 1 aliphatic heterocycles. The number of rotatable bonds is 5. The monoisotopic (exact) mass is 322 g/mol. The van der Waals surface area contributed by atoms with E-state index < -0.39 is 0 Å². The van der Waals surface area contributed by atoms with Crippen LogP contribution >= 0.6 is 0 Å². The van der Waals surface area contributed by atoms with Crippen LogP contribution in [0.1, 0.15) is 39.0 Å². The molecule has 2 aromatic carbocycles. The number of nitrogens with zero attached hydrogens (tertiary/aromatic N) is 1. The number of hydrogen-bond donors (Lipinski definition) is 1. The Morgan fingerprint density at radius 1 is 1.08 bits per heavy atom. The molecule has 1 N–H and O–H groups in total. The van der Waals surface area contributed by atoms with Crippen molar-refractivity contribution in [3.05, 3.63) is 70.3 Å². The Labute approximate surface area is 144 Å². The fraction of sp³-hybridized carbons (Fsp3) is 0.381. The van der Waals surface area contributed by atoms with Crippen molar-refractivity contribution in [1.82, 2.24) is 10.2 Å². The smallest absolute Gasteiger partial charge is 0.251 e. The van der Waals surface area contributed by atoms with E-state index in [9.17, 15) is 4.79 Å². The molecular weight excluding hydrogens is 296 g/mol. The summed E-state index contributed by atoms with van der Waals surface area (Å²) in [6, 6.07) is 14.6. The maximum absolute atomic E-state index is 12.2. The van der Waals surface area contributed by atoms with Gasteiger partial charge >= 0.3 is 0 Å². The lowest BCUT2D eigenvalue weighted by atomic mass is 10.00. The molecule has 0 saturated heterocycles. The lowest BCUT2D eigenvalue weighted by Gasteiger charge is -2.28. The molecule has 0 atom stereocenters. The van der Waals surface area contributed by atoms with E-state index in [2.05, 4.69) is 41.4 Å². The molecule has 3 rings (SSSR count). The highest BCUT2D eigenvalue weighted by molar-refractivity contribution is 5.94. The number of carbonyl (C=O) groups is 1. The van der Waals surface area contributed by atoms with Crippen LogP contribution in [-0.4, -0.2) is 30.4 Å². The largest absolute Gasteiger partial charge is 0.352 e. The molecule has 0 spiro atoms. The molecule has 0 saturated carbocycles. The summed E-state index contributed by atoms with van der Waals surface area (Å²) in [7, 11) is 0. The first-order chi connectivity index (χ1) is 11.6. The van der Waals surface area contributed by atoms with E-state index in [0.29, 0.717) is 0 Å². The molecular formula is C21H26N2O. The third kappa shape index (κ3) is 4.04. The Bertz CT molecular complexity index is 724. The molecule has 0 fully saturated rings. The van der Waals surface area contributed by atoms with E-state index in [1.165, 1.54) is 16.7 Å². The summed E-state index contributed by atoms with van der Waals surface area (Å²) in [6.45, 7) is 8.00. The summed E-state index contributed by atoms with van der Waals surface area (Å²) in [5.41, 5.74) is 6.07. The van der Waals surface area contributed by atoms with Gasteiger partial charge in [0.15, 0.2) is 0 Å². The van der Waals surface area contributed by atoms with Crippen LogP contribution in [0.2, 0.25) is 0 Å². The van der Waals surface area contributed by atoms with Crippen LogP contribution in [0.4, 0.5) is 0 Å². The first-order valence-corrected chi connectivity index (χ1v) is 8.78. The summed E-state index contributed by atoms with van der Waals surface area (Å²) in [6.07, 6.45) is 2.12. The Morgan fingerprint density at radius 2 is 1.88 bits per heavy atom. The van der Waals surface area contributed by atoms with Gasteiger partial charge in [-0.25, -0.2) is 0 Å². The second-order valence-electron chi connectivity index (χ2n) is 6.70. The zero-order valence-electron chi connectivity index (χ0n) is 14.6. The Hall–Kier alpha value is -2.13. The van der Waals surface area contributed by atoms with Gasteiger partial charge in [-0.2, -0.15) is 0 Å². The average molecular weight is 322 g/mol. The Kier molecular flexibility index (Phi) is 5.31. The van der Waals surface area contributed by atoms with Crippen molar-refractivity contribution in [3.8, 4) is 0 Å².